The van der Waals surface area contributed by atoms with Crippen molar-refractivity contribution in [3.05, 3.63) is 72.3 Å². The van der Waals surface area contributed by atoms with Gasteiger partial charge in [-0.05, 0) is 0 Å². The van der Waals surface area contributed by atoms with Gasteiger partial charge in [0.1, 0.15) is 11.6 Å². The highest BCUT2D eigenvalue weighted by Crippen LogP contribution is 2.19. The van der Waals surface area contributed by atoms with E-state index in [-0.39, 0.29) is 11.6 Å². The minimum atomic E-state index is -0.282. The van der Waals surface area contributed by atoms with Crippen molar-refractivity contribution in [2.24, 2.45) is 0 Å². The van der Waals surface area contributed by atoms with Gasteiger partial charge in [0, 0.05) is 21.5 Å². The van der Waals surface area contributed by atoms with Gasteiger partial charge < -0.3 is 0 Å². The highest BCUT2D eigenvalue weighted by atomic mass is 19.1. The monoisotopic (exact) mass is 240 g/mol. The number of hydrogen-bond acceptors (Lipinski definition) is 0. The zero-order valence-electron chi connectivity index (χ0n) is 9.53. The first-order valence-corrected chi connectivity index (χ1v) is 5.69. The van der Waals surface area contributed by atoms with Crippen molar-refractivity contribution in [1.29, 1.82) is 0 Å². The van der Waals surface area contributed by atoms with Crippen molar-refractivity contribution in [3.8, 4) is 0 Å². The van der Waals surface area contributed by atoms with Gasteiger partial charge in [-0.15, -0.1) is 0 Å². The third-order valence-electron chi connectivity index (χ3n) is 3.00. The number of halogens is 2. The molecule has 18 heavy (non-hydrogen) atoms. The summed E-state index contributed by atoms with van der Waals surface area (Å²) in [7, 11) is 0. The van der Waals surface area contributed by atoms with Gasteiger partial charge in [-0.1, -0.05) is 60.7 Å². The second kappa shape index (κ2) is 4.22. The molecule has 0 aliphatic rings. The Labute approximate surface area is 103 Å². The fourth-order valence-electron chi connectivity index (χ4n) is 2.01. The molecule has 0 nitrogen and oxygen atoms in total. The molecule has 0 radical (unpaired) electrons. The average molecular weight is 240 g/mol. The predicted octanol–water partition coefficient (Wildman–Crippen LogP) is 4.83. The highest BCUT2D eigenvalue weighted by Gasteiger charge is 2.00. The van der Waals surface area contributed by atoms with E-state index in [1.165, 1.54) is 0 Å². The van der Waals surface area contributed by atoms with Crippen molar-refractivity contribution >= 4 is 21.5 Å². The van der Waals surface area contributed by atoms with Crippen LogP contribution in [0.5, 0.6) is 0 Å². The van der Waals surface area contributed by atoms with Crippen LogP contribution in [0.4, 0.5) is 8.78 Å². The third-order valence-corrected chi connectivity index (χ3v) is 3.00. The van der Waals surface area contributed by atoms with Crippen LogP contribution in [0.15, 0.2) is 60.7 Å². The van der Waals surface area contributed by atoms with E-state index in [0.717, 1.165) is 0 Å². The van der Waals surface area contributed by atoms with Crippen molar-refractivity contribution in [2.45, 2.75) is 0 Å². The van der Waals surface area contributed by atoms with Crippen LogP contribution >= 0.6 is 0 Å². The summed E-state index contributed by atoms with van der Waals surface area (Å²) < 4.78 is 28.1. The first-order chi connectivity index (χ1) is 8.75. The van der Waals surface area contributed by atoms with E-state index in [0.29, 0.717) is 21.5 Å². The number of fused-ring (bicyclic) bond motifs is 4. The molecule has 88 valence electrons. The van der Waals surface area contributed by atoms with E-state index >= 15 is 0 Å². The van der Waals surface area contributed by atoms with Crippen LogP contribution in [0.2, 0.25) is 0 Å². The smallest absolute Gasteiger partial charge is 0.137 e. The Morgan fingerprint density at radius 3 is 1.00 bits per heavy atom. The quantitative estimate of drug-likeness (QED) is 0.527. The lowest BCUT2D eigenvalue weighted by atomic mass is 10.1. The van der Waals surface area contributed by atoms with Crippen molar-refractivity contribution in [2.75, 3.05) is 0 Å². The molecule has 0 aliphatic heterocycles. The van der Waals surface area contributed by atoms with Crippen LogP contribution in [-0.2, 0) is 0 Å². The molecule has 0 atom stereocenters. The first-order valence-electron chi connectivity index (χ1n) is 5.69. The van der Waals surface area contributed by atoms with E-state index in [4.69, 9.17) is 0 Å². The second-order valence-corrected chi connectivity index (χ2v) is 4.17. The summed E-state index contributed by atoms with van der Waals surface area (Å²) in [6.45, 7) is 0. The Bertz CT molecular complexity index is 637. The van der Waals surface area contributed by atoms with E-state index < -0.39 is 0 Å². The van der Waals surface area contributed by atoms with Gasteiger partial charge in [-0.2, -0.15) is 0 Å². The summed E-state index contributed by atoms with van der Waals surface area (Å²) >= 11 is 0. The fraction of sp³-hybridized carbons (Fsp3) is 0. The maximum atomic E-state index is 14.0. The molecule has 0 saturated heterocycles. The van der Waals surface area contributed by atoms with Crippen LogP contribution in [0.25, 0.3) is 21.5 Å². The zero-order valence-corrected chi connectivity index (χ0v) is 9.53. The van der Waals surface area contributed by atoms with Crippen molar-refractivity contribution in [3.63, 3.8) is 0 Å². The van der Waals surface area contributed by atoms with Gasteiger partial charge in [-0.3, -0.25) is 0 Å². The Morgan fingerprint density at radius 1 is 0.444 bits per heavy atom. The van der Waals surface area contributed by atoms with Gasteiger partial charge in [0.25, 0.3) is 0 Å². The third kappa shape index (κ3) is 1.76. The standard InChI is InChI=1S/C16H10F2/c17-15-11-3-1-4-12(15)8-10-14-6-2-5-13(9-7-11)16(14)18/h1-10H. The Hall–Kier alpha value is -2.22. The number of benzene rings is 2. The molecule has 3 aromatic carbocycles. The Balaban J connectivity index is 2.55. The molecular formula is C16H10F2. The topological polar surface area (TPSA) is 0 Å². The van der Waals surface area contributed by atoms with E-state index in [1.807, 2.05) is 0 Å². The minimum absolute atomic E-state index is 0.282. The molecule has 0 aliphatic carbocycles. The lowest BCUT2D eigenvalue weighted by molar-refractivity contribution is 0.647. The summed E-state index contributed by atoms with van der Waals surface area (Å²) in [4.78, 5) is 0. The Kier molecular flexibility index (Phi) is 2.56. The lowest BCUT2D eigenvalue weighted by Crippen LogP contribution is -1.80. The maximum absolute atomic E-state index is 14.0. The molecule has 3 aromatic rings. The summed E-state index contributed by atoms with van der Waals surface area (Å²) in [6.07, 6.45) is 0. The summed E-state index contributed by atoms with van der Waals surface area (Å²) in [5.74, 6) is -0.564. The van der Waals surface area contributed by atoms with Crippen LogP contribution in [0.1, 0.15) is 0 Å². The number of hydrogen-bond donors (Lipinski definition) is 0. The minimum Gasteiger partial charge on any atom is -0.206 e. The normalized spacial score (nSPS) is 10.8. The summed E-state index contributed by atoms with van der Waals surface area (Å²) in [6, 6.07) is 16.7. The fourth-order valence-corrected chi connectivity index (χ4v) is 2.01. The molecule has 2 heteroatoms. The van der Waals surface area contributed by atoms with E-state index in [2.05, 4.69) is 0 Å². The van der Waals surface area contributed by atoms with Gasteiger partial charge in [0.05, 0.1) is 0 Å². The molecule has 0 N–H and O–H groups in total. The molecular weight excluding hydrogens is 230 g/mol. The van der Waals surface area contributed by atoms with E-state index in [1.54, 1.807) is 60.7 Å². The molecule has 3 rings (SSSR count). The largest absolute Gasteiger partial charge is 0.206 e. The van der Waals surface area contributed by atoms with Crippen LogP contribution in [-0.4, -0.2) is 0 Å². The average Bonchev–Trinajstić information content (AvgIpc) is 2.38. The molecule has 0 fully saturated rings. The van der Waals surface area contributed by atoms with E-state index in [9.17, 15) is 8.78 Å². The first kappa shape index (κ1) is 10.9. The zero-order chi connectivity index (χ0) is 12.5. The molecule has 0 amide bonds. The number of rotatable bonds is 0. The summed E-state index contributed by atoms with van der Waals surface area (Å²) in [5, 5.41) is 1.85. The van der Waals surface area contributed by atoms with Crippen LogP contribution in [0.3, 0.4) is 0 Å². The Morgan fingerprint density at radius 2 is 0.722 bits per heavy atom. The van der Waals surface area contributed by atoms with Gasteiger partial charge in [0.15, 0.2) is 0 Å². The molecule has 0 unspecified atom stereocenters. The molecule has 0 heterocycles. The van der Waals surface area contributed by atoms with Crippen LogP contribution in [0, 0.1) is 11.6 Å². The SMILES string of the molecule is Fc1c2cccc1ccc1cccc(cc2)c1F. The van der Waals surface area contributed by atoms with Crippen molar-refractivity contribution < 1.29 is 8.78 Å². The van der Waals surface area contributed by atoms with Gasteiger partial charge in [-0.25, -0.2) is 8.78 Å². The van der Waals surface area contributed by atoms with Gasteiger partial charge in [0.2, 0.25) is 0 Å². The molecule has 0 aromatic heterocycles. The maximum Gasteiger partial charge on any atom is 0.137 e. The van der Waals surface area contributed by atoms with Crippen LogP contribution < -0.4 is 0 Å². The highest BCUT2D eigenvalue weighted by molar-refractivity contribution is 5.74. The molecule has 0 spiro atoms. The molecule has 4 bridgehead atoms. The predicted molar refractivity (Wildman–Crippen MR) is 70.2 cm³/mol. The second-order valence-electron chi connectivity index (χ2n) is 4.17. The van der Waals surface area contributed by atoms with Gasteiger partial charge >= 0.3 is 0 Å². The molecule has 0 saturated carbocycles. The van der Waals surface area contributed by atoms with Crippen molar-refractivity contribution in [1.82, 2.24) is 0 Å². The summed E-state index contributed by atoms with van der Waals surface area (Å²) in [5.41, 5.74) is 0. The lowest BCUT2D eigenvalue weighted by Gasteiger charge is -1.98.